The number of carbonyl (C=O) groups is 1. The van der Waals surface area contributed by atoms with Gasteiger partial charge in [0.25, 0.3) is 0 Å². The second kappa shape index (κ2) is 6.75. The molecule has 126 valence electrons. The number of hydrogen-bond acceptors (Lipinski definition) is 3. The van der Waals surface area contributed by atoms with Crippen molar-refractivity contribution in [3.63, 3.8) is 0 Å². The molecule has 2 aliphatic heterocycles. The molecule has 0 spiro atoms. The number of amides is 2. The smallest absolute Gasteiger partial charge is 0.317 e. The average molecular weight is 309 g/mol. The largest absolute Gasteiger partial charge is 0.393 e. The van der Waals surface area contributed by atoms with Crippen LogP contribution >= 0.6 is 0 Å². The average Bonchev–Trinajstić information content (AvgIpc) is 2.76. The number of carbonyl (C=O) groups excluding carboxylic acids is 1. The zero-order valence-electron chi connectivity index (χ0n) is 14.0. The molecule has 2 amide bonds. The summed E-state index contributed by atoms with van der Waals surface area (Å²) in [5, 5.41) is 12.8. The molecule has 1 saturated carbocycles. The van der Waals surface area contributed by atoms with E-state index in [1.807, 2.05) is 4.90 Å². The molecule has 3 aliphatic rings. The molecule has 3 rings (SSSR count). The molecule has 3 fully saturated rings. The van der Waals surface area contributed by atoms with E-state index >= 15 is 0 Å². The van der Waals surface area contributed by atoms with E-state index in [4.69, 9.17) is 0 Å². The Morgan fingerprint density at radius 3 is 2.41 bits per heavy atom. The third-order valence-electron chi connectivity index (χ3n) is 5.75. The van der Waals surface area contributed by atoms with Gasteiger partial charge in [-0.3, -0.25) is 4.90 Å². The van der Waals surface area contributed by atoms with Crippen LogP contribution in [0.25, 0.3) is 0 Å². The SMILES string of the molecule is CC(C)N1C2CCC1CN(C(=O)NC1CCC(O)CC1)CC2. The van der Waals surface area contributed by atoms with Crippen molar-refractivity contribution in [3.05, 3.63) is 0 Å². The molecule has 2 bridgehead atoms. The van der Waals surface area contributed by atoms with Crippen LogP contribution in [-0.2, 0) is 0 Å². The third kappa shape index (κ3) is 3.40. The van der Waals surface area contributed by atoms with E-state index in [1.54, 1.807) is 0 Å². The Morgan fingerprint density at radius 2 is 1.73 bits per heavy atom. The van der Waals surface area contributed by atoms with Crippen LogP contribution in [0, 0.1) is 0 Å². The van der Waals surface area contributed by atoms with Crippen LogP contribution in [0.3, 0.4) is 0 Å². The van der Waals surface area contributed by atoms with Gasteiger partial charge in [-0.1, -0.05) is 0 Å². The summed E-state index contributed by atoms with van der Waals surface area (Å²) >= 11 is 0. The minimum Gasteiger partial charge on any atom is -0.393 e. The normalized spacial score (nSPS) is 36.5. The molecule has 1 aliphatic carbocycles. The number of urea groups is 1. The number of nitrogens with zero attached hydrogens (tertiary/aromatic N) is 2. The zero-order chi connectivity index (χ0) is 15.7. The lowest BCUT2D eigenvalue weighted by Crippen LogP contribution is -2.49. The van der Waals surface area contributed by atoms with Gasteiger partial charge < -0.3 is 15.3 Å². The first-order valence-corrected chi connectivity index (χ1v) is 9.05. The summed E-state index contributed by atoms with van der Waals surface area (Å²) in [5.41, 5.74) is 0. The molecular weight excluding hydrogens is 278 g/mol. The van der Waals surface area contributed by atoms with Crippen molar-refractivity contribution >= 4 is 6.03 Å². The Labute approximate surface area is 134 Å². The maximum Gasteiger partial charge on any atom is 0.317 e. The van der Waals surface area contributed by atoms with Gasteiger partial charge in [0, 0.05) is 37.3 Å². The molecule has 0 radical (unpaired) electrons. The maximum absolute atomic E-state index is 12.6. The molecule has 0 aromatic carbocycles. The van der Waals surface area contributed by atoms with Crippen LogP contribution < -0.4 is 5.32 Å². The summed E-state index contributed by atoms with van der Waals surface area (Å²) in [4.78, 5) is 17.2. The van der Waals surface area contributed by atoms with Gasteiger partial charge in [0.15, 0.2) is 0 Å². The Morgan fingerprint density at radius 1 is 1.05 bits per heavy atom. The van der Waals surface area contributed by atoms with Crippen LogP contribution in [-0.4, -0.2) is 64.3 Å². The number of hydrogen-bond donors (Lipinski definition) is 2. The maximum atomic E-state index is 12.6. The first-order chi connectivity index (χ1) is 10.5. The summed E-state index contributed by atoms with van der Waals surface area (Å²) in [6.45, 7) is 6.30. The van der Waals surface area contributed by atoms with Gasteiger partial charge in [-0.05, 0) is 58.8 Å². The molecule has 2 atom stereocenters. The van der Waals surface area contributed by atoms with Gasteiger partial charge in [0.2, 0.25) is 0 Å². The van der Waals surface area contributed by atoms with Gasteiger partial charge in [-0.25, -0.2) is 4.79 Å². The van der Waals surface area contributed by atoms with Crippen molar-refractivity contribution in [1.29, 1.82) is 0 Å². The van der Waals surface area contributed by atoms with Crippen molar-refractivity contribution in [3.8, 4) is 0 Å². The lowest BCUT2D eigenvalue weighted by molar-refractivity contribution is 0.114. The molecule has 5 nitrogen and oxygen atoms in total. The highest BCUT2D eigenvalue weighted by Gasteiger charge is 2.39. The van der Waals surface area contributed by atoms with Crippen LogP contribution in [0.1, 0.15) is 58.8 Å². The topological polar surface area (TPSA) is 55.8 Å². The Balaban J connectivity index is 1.55. The minimum atomic E-state index is -0.165. The number of fused-ring (bicyclic) bond motifs is 2. The predicted octanol–water partition coefficient (Wildman–Crippen LogP) is 1.95. The standard InChI is InChI=1S/C17H31N3O2/c1-12(2)20-14-5-6-15(20)11-19(10-9-14)17(22)18-13-3-7-16(21)8-4-13/h12-16,21H,3-11H2,1-2H3,(H,18,22). The first kappa shape index (κ1) is 16.1. The molecule has 22 heavy (non-hydrogen) atoms. The van der Waals surface area contributed by atoms with Crippen LogP contribution in [0.2, 0.25) is 0 Å². The quantitative estimate of drug-likeness (QED) is 0.820. The molecule has 2 saturated heterocycles. The predicted molar refractivity (Wildman–Crippen MR) is 86.8 cm³/mol. The van der Waals surface area contributed by atoms with Gasteiger partial charge >= 0.3 is 6.03 Å². The van der Waals surface area contributed by atoms with E-state index in [9.17, 15) is 9.90 Å². The second-order valence-electron chi connectivity index (χ2n) is 7.62. The highest BCUT2D eigenvalue weighted by Crippen LogP contribution is 2.32. The Bertz CT molecular complexity index is 393. The zero-order valence-corrected chi connectivity index (χ0v) is 14.0. The fourth-order valence-corrected chi connectivity index (χ4v) is 4.62. The van der Waals surface area contributed by atoms with Crippen molar-refractivity contribution in [2.45, 2.75) is 89.1 Å². The van der Waals surface area contributed by atoms with Gasteiger partial charge in [0.05, 0.1) is 6.10 Å². The Kier molecular flexibility index (Phi) is 4.93. The summed E-state index contributed by atoms with van der Waals surface area (Å²) in [5.74, 6) is 0. The number of rotatable bonds is 2. The molecule has 0 aromatic rings. The Hall–Kier alpha value is -0.810. The number of aliphatic hydroxyl groups excluding tert-OH is 1. The van der Waals surface area contributed by atoms with Gasteiger partial charge in [-0.15, -0.1) is 0 Å². The van der Waals surface area contributed by atoms with Crippen molar-refractivity contribution < 1.29 is 9.90 Å². The van der Waals surface area contributed by atoms with Crippen LogP contribution in [0.4, 0.5) is 4.79 Å². The summed E-state index contributed by atoms with van der Waals surface area (Å²) in [6, 6.07) is 2.12. The fraction of sp³-hybridized carbons (Fsp3) is 0.941. The van der Waals surface area contributed by atoms with E-state index in [0.29, 0.717) is 18.1 Å². The van der Waals surface area contributed by atoms with Crippen LogP contribution in [0.5, 0.6) is 0 Å². The van der Waals surface area contributed by atoms with E-state index in [2.05, 4.69) is 24.1 Å². The third-order valence-corrected chi connectivity index (χ3v) is 5.75. The number of likely N-dealkylation sites (tertiary alicyclic amines) is 1. The van der Waals surface area contributed by atoms with E-state index in [0.717, 1.165) is 45.2 Å². The first-order valence-electron chi connectivity index (χ1n) is 9.05. The summed E-state index contributed by atoms with van der Waals surface area (Å²) in [7, 11) is 0. The van der Waals surface area contributed by atoms with Gasteiger partial charge in [0.1, 0.15) is 0 Å². The molecule has 2 heterocycles. The second-order valence-corrected chi connectivity index (χ2v) is 7.62. The minimum absolute atomic E-state index is 0.109. The highest BCUT2D eigenvalue weighted by molar-refractivity contribution is 5.74. The van der Waals surface area contributed by atoms with E-state index in [-0.39, 0.29) is 18.2 Å². The van der Waals surface area contributed by atoms with Crippen molar-refractivity contribution in [2.24, 2.45) is 0 Å². The van der Waals surface area contributed by atoms with Gasteiger partial charge in [-0.2, -0.15) is 0 Å². The number of nitrogens with one attached hydrogen (secondary N) is 1. The van der Waals surface area contributed by atoms with E-state index in [1.165, 1.54) is 12.8 Å². The molecule has 2 unspecified atom stereocenters. The monoisotopic (exact) mass is 309 g/mol. The van der Waals surface area contributed by atoms with Crippen LogP contribution in [0.15, 0.2) is 0 Å². The summed E-state index contributed by atoms with van der Waals surface area (Å²) in [6.07, 6.45) is 6.90. The summed E-state index contributed by atoms with van der Waals surface area (Å²) < 4.78 is 0. The van der Waals surface area contributed by atoms with E-state index < -0.39 is 0 Å². The lowest BCUT2D eigenvalue weighted by Gasteiger charge is -2.33. The highest BCUT2D eigenvalue weighted by atomic mass is 16.3. The number of aliphatic hydroxyl groups is 1. The fourth-order valence-electron chi connectivity index (χ4n) is 4.62. The van der Waals surface area contributed by atoms with Crippen molar-refractivity contribution in [1.82, 2.24) is 15.1 Å². The van der Waals surface area contributed by atoms with Crippen molar-refractivity contribution in [2.75, 3.05) is 13.1 Å². The lowest BCUT2D eigenvalue weighted by atomic mass is 9.93. The molecule has 0 aromatic heterocycles. The molecule has 2 N–H and O–H groups in total. The molecular formula is C17H31N3O2. The molecule has 5 heteroatoms.